The molecule has 2 unspecified atom stereocenters. The van der Waals surface area contributed by atoms with Gasteiger partial charge in [0.05, 0.1) is 6.10 Å². The van der Waals surface area contributed by atoms with Crippen LogP contribution < -0.4 is 5.32 Å². The van der Waals surface area contributed by atoms with Gasteiger partial charge < -0.3 is 10.4 Å². The molecule has 15 heavy (non-hydrogen) atoms. The SMILES string of the molecule is OC(c1cccc(Br)c1)C1CCCCN1. The van der Waals surface area contributed by atoms with Gasteiger partial charge in [0.15, 0.2) is 0 Å². The van der Waals surface area contributed by atoms with E-state index in [0.717, 1.165) is 23.0 Å². The van der Waals surface area contributed by atoms with Crippen LogP contribution in [0.25, 0.3) is 0 Å². The number of benzene rings is 1. The van der Waals surface area contributed by atoms with Crippen LogP contribution in [-0.4, -0.2) is 17.7 Å². The maximum Gasteiger partial charge on any atom is 0.0943 e. The Balaban J connectivity index is 2.08. The number of nitrogens with one attached hydrogen (secondary N) is 1. The smallest absolute Gasteiger partial charge is 0.0943 e. The van der Waals surface area contributed by atoms with E-state index in [1.807, 2.05) is 24.3 Å². The van der Waals surface area contributed by atoms with Gasteiger partial charge in [0, 0.05) is 10.5 Å². The molecule has 1 heterocycles. The second kappa shape index (κ2) is 5.10. The zero-order valence-electron chi connectivity index (χ0n) is 8.62. The molecule has 1 aromatic carbocycles. The minimum atomic E-state index is -0.386. The maximum atomic E-state index is 10.2. The van der Waals surface area contributed by atoms with Crippen LogP contribution in [0.1, 0.15) is 30.9 Å². The van der Waals surface area contributed by atoms with E-state index >= 15 is 0 Å². The topological polar surface area (TPSA) is 32.3 Å². The Morgan fingerprint density at radius 3 is 2.93 bits per heavy atom. The second-order valence-corrected chi connectivity index (χ2v) is 4.97. The standard InChI is InChI=1S/C12H16BrNO/c13-10-5-3-4-9(8-10)12(15)11-6-1-2-7-14-11/h3-5,8,11-12,14-15H,1-2,6-7H2. The third kappa shape index (κ3) is 2.80. The van der Waals surface area contributed by atoms with Crippen molar-refractivity contribution in [3.05, 3.63) is 34.3 Å². The van der Waals surface area contributed by atoms with Crippen molar-refractivity contribution < 1.29 is 5.11 Å². The average molecular weight is 270 g/mol. The third-order valence-electron chi connectivity index (χ3n) is 2.92. The Kier molecular flexibility index (Phi) is 3.78. The highest BCUT2D eigenvalue weighted by Crippen LogP contribution is 2.24. The number of halogens is 1. The first-order valence-corrected chi connectivity index (χ1v) is 6.23. The van der Waals surface area contributed by atoms with Gasteiger partial charge in [-0.15, -0.1) is 0 Å². The first-order chi connectivity index (χ1) is 7.27. The molecule has 0 radical (unpaired) electrons. The van der Waals surface area contributed by atoms with Gasteiger partial charge in [0.25, 0.3) is 0 Å². The van der Waals surface area contributed by atoms with Crippen molar-refractivity contribution in [2.45, 2.75) is 31.4 Å². The van der Waals surface area contributed by atoms with E-state index in [9.17, 15) is 5.11 Å². The van der Waals surface area contributed by atoms with Crippen molar-refractivity contribution >= 4 is 15.9 Å². The van der Waals surface area contributed by atoms with Gasteiger partial charge in [-0.1, -0.05) is 34.5 Å². The summed E-state index contributed by atoms with van der Waals surface area (Å²) in [4.78, 5) is 0. The summed E-state index contributed by atoms with van der Waals surface area (Å²) < 4.78 is 1.02. The van der Waals surface area contributed by atoms with Crippen molar-refractivity contribution in [3.8, 4) is 0 Å². The lowest BCUT2D eigenvalue weighted by Gasteiger charge is -2.28. The number of aliphatic hydroxyl groups excluding tert-OH is 1. The molecular weight excluding hydrogens is 254 g/mol. The Labute approximate surface area is 98.8 Å². The molecule has 0 aliphatic carbocycles. The van der Waals surface area contributed by atoms with Crippen LogP contribution in [0.3, 0.4) is 0 Å². The number of piperidine rings is 1. The summed E-state index contributed by atoms with van der Waals surface area (Å²) in [6.07, 6.45) is 3.11. The van der Waals surface area contributed by atoms with Crippen LogP contribution >= 0.6 is 15.9 Å². The van der Waals surface area contributed by atoms with Crippen LogP contribution in [0.15, 0.2) is 28.7 Å². The number of aliphatic hydroxyl groups is 1. The molecule has 0 bridgehead atoms. The zero-order chi connectivity index (χ0) is 10.7. The lowest BCUT2D eigenvalue weighted by molar-refractivity contribution is 0.114. The van der Waals surface area contributed by atoms with Crippen molar-refractivity contribution in [2.75, 3.05) is 6.54 Å². The van der Waals surface area contributed by atoms with E-state index in [0.29, 0.717) is 0 Å². The monoisotopic (exact) mass is 269 g/mol. The highest BCUT2D eigenvalue weighted by molar-refractivity contribution is 9.10. The number of rotatable bonds is 2. The van der Waals surface area contributed by atoms with Crippen LogP contribution in [0, 0.1) is 0 Å². The molecule has 2 nitrogen and oxygen atoms in total. The van der Waals surface area contributed by atoms with Crippen LogP contribution in [0.4, 0.5) is 0 Å². The molecule has 1 aromatic rings. The van der Waals surface area contributed by atoms with E-state index in [2.05, 4.69) is 21.2 Å². The minimum Gasteiger partial charge on any atom is -0.387 e. The first-order valence-electron chi connectivity index (χ1n) is 5.44. The molecule has 0 spiro atoms. The quantitative estimate of drug-likeness (QED) is 0.865. The van der Waals surface area contributed by atoms with Crippen LogP contribution in [-0.2, 0) is 0 Å². The fourth-order valence-electron chi connectivity index (χ4n) is 2.07. The molecule has 1 fully saturated rings. The third-order valence-corrected chi connectivity index (χ3v) is 3.41. The summed E-state index contributed by atoms with van der Waals surface area (Å²) in [5.41, 5.74) is 0.990. The molecule has 3 heteroatoms. The van der Waals surface area contributed by atoms with Gasteiger partial charge in [-0.3, -0.25) is 0 Å². The average Bonchev–Trinajstić information content (AvgIpc) is 2.29. The molecule has 0 saturated carbocycles. The van der Waals surface area contributed by atoms with Crippen molar-refractivity contribution in [1.29, 1.82) is 0 Å². The van der Waals surface area contributed by atoms with Gasteiger partial charge in [-0.25, -0.2) is 0 Å². The molecule has 0 aromatic heterocycles. The first kappa shape index (κ1) is 11.1. The Bertz CT molecular complexity index is 323. The fourth-order valence-corrected chi connectivity index (χ4v) is 2.49. The molecule has 82 valence electrons. The summed E-state index contributed by atoms with van der Waals surface area (Å²) in [6, 6.07) is 8.12. The maximum absolute atomic E-state index is 10.2. The Morgan fingerprint density at radius 2 is 2.27 bits per heavy atom. The highest BCUT2D eigenvalue weighted by Gasteiger charge is 2.22. The normalized spacial score (nSPS) is 23.7. The largest absolute Gasteiger partial charge is 0.387 e. The minimum absolute atomic E-state index is 0.216. The summed E-state index contributed by atoms with van der Waals surface area (Å²) >= 11 is 3.42. The van der Waals surface area contributed by atoms with Crippen molar-refractivity contribution in [1.82, 2.24) is 5.32 Å². The van der Waals surface area contributed by atoms with Gasteiger partial charge in [0.1, 0.15) is 0 Å². The fraction of sp³-hybridized carbons (Fsp3) is 0.500. The summed E-state index contributed by atoms with van der Waals surface area (Å²) in [5, 5.41) is 13.6. The predicted octanol–water partition coefficient (Wildman–Crippen LogP) is 2.62. The van der Waals surface area contributed by atoms with E-state index in [-0.39, 0.29) is 12.1 Å². The molecule has 1 saturated heterocycles. The Morgan fingerprint density at radius 1 is 1.40 bits per heavy atom. The van der Waals surface area contributed by atoms with Gasteiger partial charge >= 0.3 is 0 Å². The lowest BCUT2D eigenvalue weighted by atomic mass is 9.95. The molecule has 1 aliphatic heterocycles. The van der Waals surface area contributed by atoms with Gasteiger partial charge in [0.2, 0.25) is 0 Å². The summed E-state index contributed by atoms with van der Waals surface area (Å²) in [6.45, 7) is 1.02. The highest BCUT2D eigenvalue weighted by atomic mass is 79.9. The van der Waals surface area contributed by atoms with Crippen molar-refractivity contribution in [2.24, 2.45) is 0 Å². The number of hydrogen-bond donors (Lipinski definition) is 2. The molecule has 2 rings (SSSR count). The summed E-state index contributed by atoms with van der Waals surface area (Å²) in [7, 11) is 0. The second-order valence-electron chi connectivity index (χ2n) is 4.06. The van der Waals surface area contributed by atoms with E-state index in [4.69, 9.17) is 0 Å². The molecule has 2 atom stereocenters. The van der Waals surface area contributed by atoms with Crippen LogP contribution in [0.5, 0.6) is 0 Å². The molecule has 1 aliphatic rings. The van der Waals surface area contributed by atoms with Gasteiger partial charge in [-0.2, -0.15) is 0 Å². The number of hydrogen-bond acceptors (Lipinski definition) is 2. The van der Waals surface area contributed by atoms with E-state index in [1.165, 1.54) is 12.8 Å². The van der Waals surface area contributed by atoms with Crippen molar-refractivity contribution in [3.63, 3.8) is 0 Å². The van der Waals surface area contributed by atoms with E-state index < -0.39 is 0 Å². The zero-order valence-corrected chi connectivity index (χ0v) is 10.2. The predicted molar refractivity (Wildman–Crippen MR) is 64.7 cm³/mol. The van der Waals surface area contributed by atoms with Gasteiger partial charge in [-0.05, 0) is 37.1 Å². The molecule has 2 N–H and O–H groups in total. The summed E-state index contributed by atoms with van der Waals surface area (Å²) in [5.74, 6) is 0. The van der Waals surface area contributed by atoms with E-state index in [1.54, 1.807) is 0 Å². The molecular formula is C12H16BrNO. The Hall–Kier alpha value is -0.380. The lowest BCUT2D eigenvalue weighted by Crippen LogP contribution is -2.38. The molecule has 0 amide bonds. The van der Waals surface area contributed by atoms with Crippen LogP contribution in [0.2, 0.25) is 0 Å².